The van der Waals surface area contributed by atoms with Crippen LogP contribution in [0.4, 0.5) is 5.82 Å². The van der Waals surface area contributed by atoms with Crippen molar-refractivity contribution in [2.45, 2.75) is 39.2 Å². The minimum Gasteiger partial charge on any atom is -0.490 e. The lowest BCUT2D eigenvalue weighted by atomic mass is 10.1. The molecule has 2 heterocycles. The lowest BCUT2D eigenvalue weighted by Crippen LogP contribution is -2.16. The first-order valence-corrected chi connectivity index (χ1v) is 11.6. The van der Waals surface area contributed by atoms with Crippen molar-refractivity contribution in [3.05, 3.63) is 64.3 Å². The maximum Gasteiger partial charge on any atom is 0.256 e. The molecule has 1 aliphatic heterocycles. The van der Waals surface area contributed by atoms with Crippen molar-refractivity contribution in [2.75, 3.05) is 18.5 Å². The number of benzene rings is 2. The Balaban J connectivity index is 1.69. The zero-order valence-corrected chi connectivity index (χ0v) is 19.1. The van der Waals surface area contributed by atoms with Crippen LogP contribution in [0.2, 0.25) is 0 Å². The molecule has 0 fully saturated rings. The van der Waals surface area contributed by atoms with E-state index in [-0.39, 0.29) is 5.91 Å². The summed E-state index contributed by atoms with van der Waals surface area (Å²) in [5.41, 5.74) is 5.90. The summed E-state index contributed by atoms with van der Waals surface area (Å²) in [7, 11) is 0. The van der Waals surface area contributed by atoms with Crippen LogP contribution in [-0.4, -0.2) is 28.9 Å². The molecule has 4 rings (SSSR count). The van der Waals surface area contributed by atoms with E-state index in [1.54, 1.807) is 18.2 Å². The fourth-order valence-electron chi connectivity index (χ4n) is 3.77. The van der Waals surface area contributed by atoms with Crippen LogP contribution in [0.25, 0.3) is 5.69 Å². The van der Waals surface area contributed by atoms with Crippen molar-refractivity contribution in [1.82, 2.24) is 9.78 Å². The number of aromatic nitrogens is 2. The summed E-state index contributed by atoms with van der Waals surface area (Å²) < 4.78 is 13.2. The molecular formula is C24H27N3O3S. The molecule has 1 N–H and O–H groups in total. The van der Waals surface area contributed by atoms with Gasteiger partial charge in [-0.15, -0.1) is 0 Å². The number of aryl methyl sites for hydroxylation is 2. The van der Waals surface area contributed by atoms with Crippen molar-refractivity contribution in [1.29, 1.82) is 0 Å². The van der Waals surface area contributed by atoms with Gasteiger partial charge < -0.3 is 14.8 Å². The van der Waals surface area contributed by atoms with E-state index in [4.69, 9.17) is 14.6 Å². The molecule has 162 valence electrons. The zero-order valence-electron chi connectivity index (χ0n) is 18.3. The normalized spacial score (nSPS) is 12.5. The molecule has 1 aromatic heterocycles. The number of ether oxygens (including phenoxy) is 2. The van der Waals surface area contributed by atoms with Crippen molar-refractivity contribution < 1.29 is 14.3 Å². The zero-order chi connectivity index (χ0) is 22.0. The third-order valence-electron chi connectivity index (χ3n) is 5.04. The van der Waals surface area contributed by atoms with Gasteiger partial charge in [0.25, 0.3) is 5.91 Å². The van der Waals surface area contributed by atoms with Crippen LogP contribution in [0.5, 0.6) is 11.5 Å². The van der Waals surface area contributed by atoms with Gasteiger partial charge >= 0.3 is 0 Å². The summed E-state index contributed by atoms with van der Waals surface area (Å²) in [4.78, 5) is 13.2. The monoisotopic (exact) mass is 437 g/mol. The second kappa shape index (κ2) is 9.06. The smallest absolute Gasteiger partial charge is 0.256 e. The molecule has 0 unspecified atom stereocenters. The van der Waals surface area contributed by atoms with Crippen molar-refractivity contribution >= 4 is 23.5 Å². The highest BCUT2D eigenvalue weighted by atomic mass is 32.2. The predicted octanol–water partition coefficient (Wildman–Crippen LogP) is 5.29. The van der Waals surface area contributed by atoms with E-state index in [9.17, 15) is 4.79 Å². The number of hydrogen-bond donors (Lipinski definition) is 1. The highest BCUT2D eigenvalue weighted by molar-refractivity contribution is 7.98. The predicted molar refractivity (Wildman–Crippen MR) is 125 cm³/mol. The second-order valence-corrected chi connectivity index (χ2v) is 8.49. The number of rotatable bonds is 7. The Labute approximate surface area is 186 Å². The van der Waals surface area contributed by atoms with Gasteiger partial charge in [-0.05, 0) is 69.2 Å². The Hall–Kier alpha value is -2.93. The highest BCUT2D eigenvalue weighted by Gasteiger charge is 2.25. The molecule has 0 atom stereocenters. The molecule has 1 amide bonds. The van der Waals surface area contributed by atoms with Crippen LogP contribution in [0.15, 0.2) is 36.4 Å². The summed E-state index contributed by atoms with van der Waals surface area (Å²) in [5, 5.41) is 7.93. The molecule has 1 aliphatic rings. The van der Waals surface area contributed by atoms with Crippen LogP contribution in [0.3, 0.4) is 0 Å². The standard InChI is InChI=1S/C24H27N3O3S/c1-5-29-21-8-7-17(12-22(21)30-6-2)24(28)25-23-19-13-31-14-20(19)26-27(23)18-10-15(3)9-16(4)11-18/h7-12H,5-6,13-14H2,1-4H3,(H,25,28). The van der Waals surface area contributed by atoms with Gasteiger partial charge in [-0.3, -0.25) is 4.79 Å². The molecule has 0 aliphatic carbocycles. The SMILES string of the molecule is CCOc1ccc(C(=O)Nc2c3c(nn2-c2cc(C)cc(C)c2)CSC3)cc1OCC. The first-order valence-electron chi connectivity index (χ1n) is 10.5. The van der Waals surface area contributed by atoms with Crippen molar-refractivity contribution in [3.8, 4) is 17.2 Å². The summed E-state index contributed by atoms with van der Waals surface area (Å²) in [6, 6.07) is 11.6. The molecule has 0 bridgehead atoms. The highest BCUT2D eigenvalue weighted by Crippen LogP contribution is 2.37. The molecule has 0 saturated heterocycles. The van der Waals surface area contributed by atoms with Gasteiger partial charge in [0.05, 0.1) is 24.6 Å². The fraction of sp³-hybridized carbons (Fsp3) is 0.333. The maximum absolute atomic E-state index is 13.2. The largest absolute Gasteiger partial charge is 0.490 e. The number of carbonyl (C=O) groups is 1. The molecule has 2 aromatic carbocycles. The minimum atomic E-state index is -0.200. The van der Waals surface area contributed by atoms with Gasteiger partial charge in [-0.1, -0.05) is 6.07 Å². The van der Waals surface area contributed by atoms with Gasteiger partial charge in [0.1, 0.15) is 5.82 Å². The Morgan fingerprint density at radius 3 is 2.45 bits per heavy atom. The van der Waals surface area contributed by atoms with E-state index in [2.05, 4.69) is 37.4 Å². The molecule has 0 saturated carbocycles. The first kappa shape index (κ1) is 21.3. The summed E-state index contributed by atoms with van der Waals surface area (Å²) in [6.45, 7) is 8.99. The van der Waals surface area contributed by atoms with Crippen LogP contribution >= 0.6 is 11.8 Å². The van der Waals surface area contributed by atoms with Gasteiger partial charge in [0.15, 0.2) is 11.5 Å². The van der Waals surface area contributed by atoms with E-state index < -0.39 is 0 Å². The summed E-state index contributed by atoms with van der Waals surface area (Å²) >= 11 is 1.81. The van der Waals surface area contributed by atoms with Gasteiger partial charge in [-0.2, -0.15) is 16.9 Å². The Morgan fingerprint density at radius 1 is 1.03 bits per heavy atom. The second-order valence-electron chi connectivity index (χ2n) is 7.51. The van der Waals surface area contributed by atoms with Gasteiger partial charge in [-0.25, -0.2) is 4.68 Å². The minimum absolute atomic E-state index is 0.200. The van der Waals surface area contributed by atoms with Crippen LogP contribution < -0.4 is 14.8 Å². The molecule has 3 aromatic rings. The number of fused-ring (bicyclic) bond motifs is 1. The topological polar surface area (TPSA) is 65.4 Å². The summed E-state index contributed by atoms with van der Waals surface area (Å²) in [5.74, 6) is 3.44. The van der Waals surface area contributed by atoms with E-state index in [0.717, 1.165) is 45.4 Å². The number of anilines is 1. The van der Waals surface area contributed by atoms with Crippen LogP contribution in [-0.2, 0) is 11.5 Å². The fourth-order valence-corrected chi connectivity index (χ4v) is 4.81. The van der Waals surface area contributed by atoms with E-state index in [1.807, 2.05) is 30.3 Å². The van der Waals surface area contributed by atoms with E-state index in [0.29, 0.717) is 30.3 Å². The number of thioether (sulfide) groups is 1. The lowest BCUT2D eigenvalue weighted by Gasteiger charge is -2.14. The first-order chi connectivity index (χ1) is 15.0. The number of nitrogens with zero attached hydrogens (tertiary/aromatic N) is 2. The molecule has 6 nitrogen and oxygen atoms in total. The Morgan fingerprint density at radius 2 is 1.74 bits per heavy atom. The van der Waals surface area contributed by atoms with Gasteiger partial charge in [0.2, 0.25) is 0 Å². The number of hydrogen-bond acceptors (Lipinski definition) is 5. The van der Waals surface area contributed by atoms with Gasteiger partial charge in [0, 0.05) is 22.6 Å². The lowest BCUT2D eigenvalue weighted by molar-refractivity contribution is 0.102. The average Bonchev–Trinajstić information content (AvgIpc) is 3.31. The van der Waals surface area contributed by atoms with Crippen molar-refractivity contribution in [3.63, 3.8) is 0 Å². The number of nitrogens with one attached hydrogen (secondary N) is 1. The van der Waals surface area contributed by atoms with Crippen LogP contribution in [0.1, 0.15) is 46.6 Å². The average molecular weight is 438 g/mol. The van der Waals surface area contributed by atoms with E-state index >= 15 is 0 Å². The third kappa shape index (κ3) is 4.42. The number of carbonyl (C=O) groups excluding carboxylic acids is 1. The molecule has 0 spiro atoms. The third-order valence-corrected chi connectivity index (χ3v) is 6.01. The van der Waals surface area contributed by atoms with Crippen LogP contribution in [0, 0.1) is 13.8 Å². The molecule has 31 heavy (non-hydrogen) atoms. The number of amides is 1. The summed E-state index contributed by atoms with van der Waals surface area (Å²) in [6.07, 6.45) is 0. The maximum atomic E-state index is 13.2. The Bertz CT molecular complexity index is 1100. The van der Waals surface area contributed by atoms with Crippen molar-refractivity contribution in [2.24, 2.45) is 0 Å². The molecular weight excluding hydrogens is 410 g/mol. The molecule has 7 heteroatoms. The quantitative estimate of drug-likeness (QED) is 0.544. The molecule has 0 radical (unpaired) electrons. The Kier molecular flexibility index (Phi) is 6.23. The van der Waals surface area contributed by atoms with E-state index in [1.165, 1.54) is 0 Å².